The maximum absolute atomic E-state index is 12.3. The van der Waals surface area contributed by atoms with E-state index in [2.05, 4.69) is 22.9 Å². The number of aryl methyl sites for hydroxylation is 1. The van der Waals surface area contributed by atoms with Gasteiger partial charge in [0.05, 0.1) is 0 Å². The normalized spacial score (nSPS) is 11.5. The molecule has 0 spiro atoms. The molecule has 0 saturated carbocycles. The highest BCUT2D eigenvalue weighted by Crippen LogP contribution is 2.07. The van der Waals surface area contributed by atoms with Crippen LogP contribution >= 0.6 is 12.4 Å². The molecule has 136 valence electrons. The Labute approximate surface area is 151 Å². The predicted molar refractivity (Wildman–Crippen MR) is 101 cm³/mol. The standard InChI is InChI=1S/C18H29N3O2.ClH/c1-5-9-19-10-11-20-18(23)16(13(2)3)21-17(22)15-8-6-7-14(4)12-15;/h6-8,12-13,16,19H,5,9-11H2,1-4H3,(H,20,23)(H,21,22);1H. The number of hydrogen-bond acceptors (Lipinski definition) is 3. The molecule has 0 fully saturated rings. The lowest BCUT2D eigenvalue weighted by atomic mass is 10.0. The number of halogens is 1. The molecule has 1 rings (SSSR count). The van der Waals surface area contributed by atoms with Crippen molar-refractivity contribution in [2.24, 2.45) is 5.92 Å². The van der Waals surface area contributed by atoms with E-state index < -0.39 is 6.04 Å². The Kier molecular flexibility index (Phi) is 11.1. The summed E-state index contributed by atoms with van der Waals surface area (Å²) in [5.74, 6) is -0.335. The Hall–Kier alpha value is -1.59. The quantitative estimate of drug-likeness (QED) is 0.595. The monoisotopic (exact) mass is 355 g/mol. The molecular formula is C18H30ClN3O2. The average Bonchev–Trinajstić information content (AvgIpc) is 2.51. The van der Waals surface area contributed by atoms with E-state index in [1.165, 1.54) is 0 Å². The first-order chi connectivity index (χ1) is 11.0. The molecule has 0 aliphatic rings. The van der Waals surface area contributed by atoms with Gasteiger partial charge in [-0.2, -0.15) is 0 Å². The molecule has 0 radical (unpaired) electrons. The molecule has 0 saturated heterocycles. The van der Waals surface area contributed by atoms with Gasteiger partial charge < -0.3 is 16.0 Å². The van der Waals surface area contributed by atoms with Gasteiger partial charge in [-0.3, -0.25) is 9.59 Å². The average molecular weight is 356 g/mol. The first kappa shape index (κ1) is 22.4. The van der Waals surface area contributed by atoms with Gasteiger partial charge in [-0.25, -0.2) is 0 Å². The summed E-state index contributed by atoms with van der Waals surface area (Å²) < 4.78 is 0. The third-order valence-electron chi connectivity index (χ3n) is 3.54. The van der Waals surface area contributed by atoms with E-state index in [0.717, 1.165) is 25.1 Å². The molecule has 1 aromatic rings. The Morgan fingerprint density at radius 3 is 2.42 bits per heavy atom. The third-order valence-corrected chi connectivity index (χ3v) is 3.54. The van der Waals surface area contributed by atoms with Gasteiger partial charge in [0.1, 0.15) is 6.04 Å². The van der Waals surface area contributed by atoms with E-state index in [4.69, 9.17) is 0 Å². The number of nitrogens with one attached hydrogen (secondary N) is 3. The van der Waals surface area contributed by atoms with Crippen LogP contribution in [-0.2, 0) is 4.79 Å². The third kappa shape index (κ3) is 7.79. The van der Waals surface area contributed by atoms with Gasteiger partial charge in [0.15, 0.2) is 0 Å². The van der Waals surface area contributed by atoms with Crippen molar-refractivity contribution in [2.45, 2.75) is 40.2 Å². The van der Waals surface area contributed by atoms with E-state index in [-0.39, 0.29) is 30.1 Å². The van der Waals surface area contributed by atoms with Crippen molar-refractivity contribution in [1.29, 1.82) is 0 Å². The van der Waals surface area contributed by atoms with Crippen molar-refractivity contribution in [3.63, 3.8) is 0 Å². The summed E-state index contributed by atoms with van der Waals surface area (Å²) in [7, 11) is 0. The maximum Gasteiger partial charge on any atom is 0.251 e. The van der Waals surface area contributed by atoms with E-state index >= 15 is 0 Å². The molecule has 1 atom stereocenters. The van der Waals surface area contributed by atoms with Crippen molar-refractivity contribution in [3.8, 4) is 0 Å². The highest BCUT2D eigenvalue weighted by atomic mass is 35.5. The first-order valence-corrected chi connectivity index (χ1v) is 8.31. The van der Waals surface area contributed by atoms with Crippen LogP contribution in [0.5, 0.6) is 0 Å². The highest BCUT2D eigenvalue weighted by molar-refractivity contribution is 5.97. The summed E-state index contributed by atoms with van der Waals surface area (Å²) in [5.41, 5.74) is 1.60. The van der Waals surface area contributed by atoms with Crippen LogP contribution in [-0.4, -0.2) is 37.5 Å². The minimum absolute atomic E-state index is 0. The Bertz CT molecular complexity index is 521. The van der Waals surface area contributed by atoms with Gasteiger partial charge in [0.25, 0.3) is 5.91 Å². The van der Waals surface area contributed by atoms with Crippen molar-refractivity contribution in [2.75, 3.05) is 19.6 Å². The summed E-state index contributed by atoms with van der Waals surface area (Å²) in [6.07, 6.45) is 1.06. The smallest absolute Gasteiger partial charge is 0.251 e. The SMILES string of the molecule is CCCNCCNC(=O)C(NC(=O)c1cccc(C)c1)C(C)C.Cl. The van der Waals surface area contributed by atoms with Crippen LogP contribution in [0.2, 0.25) is 0 Å². The molecule has 0 heterocycles. The largest absolute Gasteiger partial charge is 0.353 e. The molecule has 5 nitrogen and oxygen atoms in total. The van der Waals surface area contributed by atoms with Crippen LogP contribution in [0, 0.1) is 12.8 Å². The fourth-order valence-corrected chi connectivity index (χ4v) is 2.23. The van der Waals surface area contributed by atoms with Gasteiger partial charge in [-0.05, 0) is 37.9 Å². The minimum atomic E-state index is -0.533. The topological polar surface area (TPSA) is 70.2 Å². The van der Waals surface area contributed by atoms with Gasteiger partial charge >= 0.3 is 0 Å². The van der Waals surface area contributed by atoms with Crippen molar-refractivity contribution >= 4 is 24.2 Å². The zero-order chi connectivity index (χ0) is 17.2. The zero-order valence-corrected chi connectivity index (χ0v) is 15.8. The maximum atomic E-state index is 12.3. The minimum Gasteiger partial charge on any atom is -0.353 e. The van der Waals surface area contributed by atoms with Crippen molar-refractivity contribution in [3.05, 3.63) is 35.4 Å². The Balaban J connectivity index is 0.00000529. The number of benzene rings is 1. The highest BCUT2D eigenvalue weighted by Gasteiger charge is 2.24. The van der Waals surface area contributed by atoms with E-state index in [1.54, 1.807) is 6.07 Å². The second-order valence-corrected chi connectivity index (χ2v) is 6.11. The second kappa shape index (κ2) is 11.9. The Morgan fingerprint density at radius 1 is 1.12 bits per heavy atom. The number of amides is 2. The fourth-order valence-electron chi connectivity index (χ4n) is 2.23. The summed E-state index contributed by atoms with van der Waals surface area (Å²) in [5, 5.41) is 8.94. The summed E-state index contributed by atoms with van der Waals surface area (Å²) >= 11 is 0. The van der Waals surface area contributed by atoms with E-state index in [1.807, 2.05) is 39.0 Å². The molecule has 0 aliphatic heterocycles. The number of rotatable bonds is 9. The van der Waals surface area contributed by atoms with Crippen LogP contribution in [0.15, 0.2) is 24.3 Å². The molecular weight excluding hydrogens is 326 g/mol. The molecule has 3 N–H and O–H groups in total. The van der Waals surface area contributed by atoms with Crippen LogP contribution < -0.4 is 16.0 Å². The lowest BCUT2D eigenvalue weighted by Crippen LogP contribution is -2.50. The Morgan fingerprint density at radius 2 is 1.83 bits per heavy atom. The van der Waals surface area contributed by atoms with E-state index in [0.29, 0.717) is 12.1 Å². The lowest BCUT2D eigenvalue weighted by Gasteiger charge is -2.22. The molecule has 0 aromatic heterocycles. The number of carbonyl (C=O) groups is 2. The van der Waals surface area contributed by atoms with Gasteiger partial charge in [0.2, 0.25) is 5.91 Å². The van der Waals surface area contributed by atoms with Gasteiger partial charge in [0, 0.05) is 18.7 Å². The molecule has 6 heteroatoms. The van der Waals surface area contributed by atoms with E-state index in [9.17, 15) is 9.59 Å². The summed E-state index contributed by atoms with van der Waals surface area (Å²) in [4.78, 5) is 24.6. The molecule has 1 aromatic carbocycles. The molecule has 1 unspecified atom stereocenters. The van der Waals surface area contributed by atoms with Crippen molar-refractivity contribution in [1.82, 2.24) is 16.0 Å². The van der Waals surface area contributed by atoms with Crippen LogP contribution in [0.1, 0.15) is 43.1 Å². The first-order valence-electron chi connectivity index (χ1n) is 8.31. The molecule has 2 amide bonds. The molecule has 24 heavy (non-hydrogen) atoms. The van der Waals surface area contributed by atoms with Gasteiger partial charge in [-0.15, -0.1) is 12.4 Å². The van der Waals surface area contributed by atoms with Crippen LogP contribution in [0.3, 0.4) is 0 Å². The second-order valence-electron chi connectivity index (χ2n) is 6.11. The van der Waals surface area contributed by atoms with Crippen molar-refractivity contribution < 1.29 is 9.59 Å². The van der Waals surface area contributed by atoms with Crippen LogP contribution in [0.25, 0.3) is 0 Å². The lowest BCUT2D eigenvalue weighted by molar-refractivity contribution is -0.123. The number of hydrogen-bond donors (Lipinski definition) is 3. The summed E-state index contributed by atoms with van der Waals surface area (Å²) in [6.45, 7) is 10.1. The molecule has 0 aliphatic carbocycles. The fraction of sp³-hybridized carbons (Fsp3) is 0.556. The summed E-state index contributed by atoms with van der Waals surface area (Å²) in [6, 6.07) is 6.82. The van der Waals surface area contributed by atoms with Gasteiger partial charge in [-0.1, -0.05) is 38.5 Å². The van der Waals surface area contributed by atoms with Crippen LogP contribution in [0.4, 0.5) is 0 Å². The number of carbonyl (C=O) groups excluding carboxylic acids is 2. The predicted octanol–water partition coefficient (Wildman–Crippen LogP) is 2.29. The molecule has 0 bridgehead atoms. The zero-order valence-electron chi connectivity index (χ0n) is 15.0.